The SMILES string of the molecule is C=C(NC(=O)C(=C)NC(=O)C(=C)NC(=O)C(=C)NC(=O)c1ccc2c(n1)-c1coc(n1)C(=C)NC(=O)C(=C)NC(=O)c1csc(n1)[C@H](C)NC(=O)c1csc(n1)CNC(=O)c1coc(n1)/C(=C\CC)NC(=O)[C@H]([C@H](C)O)NC(=O)c1csc-2n1)C(=O)O. The number of hydrogen-bond acceptors (Lipinski definition) is 23. The average molecular weight is 1250 g/mol. The number of fused-ring (bicyclic) bond motifs is 13. The van der Waals surface area contributed by atoms with Crippen molar-refractivity contribution in [1.82, 2.24) is 83.1 Å². The molecule has 0 saturated heterocycles. The van der Waals surface area contributed by atoms with E-state index in [1.165, 1.54) is 41.3 Å². The van der Waals surface area contributed by atoms with Gasteiger partial charge in [-0.25, -0.2) is 34.7 Å². The van der Waals surface area contributed by atoms with E-state index in [0.717, 1.165) is 46.5 Å². The van der Waals surface area contributed by atoms with Gasteiger partial charge in [0.2, 0.25) is 17.7 Å². The number of hydrogen-bond donors (Lipinski definition) is 12. The van der Waals surface area contributed by atoms with Gasteiger partial charge in [-0.2, -0.15) is 0 Å². The van der Waals surface area contributed by atoms with Crippen LogP contribution in [0.3, 0.4) is 0 Å². The van der Waals surface area contributed by atoms with Crippen LogP contribution in [0.1, 0.15) is 107 Å². The Morgan fingerprint density at radius 3 is 1.91 bits per heavy atom. The van der Waals surface area contributed by atoms with Crippen molar-refractivity contribution in [1.29, 1.82) is 0 Å². The van der Waals surface area contributed by atoms with Crippen molar-refractivity contribution < 1.29 is 71.8 Å². The number of nitrogens with one attached hydrogen (secondary N) is 10. The van der Waals surface area contributed by atoms with E-state index in [1.807, 2.05) is 10.6 Å². The molecule has 0 radical (unpaired) electrons. The quantitative estimate of drug-likeness (QED) is 0.0823. The van der Waals surface area contributed by atoms with E-state index in [0.29, 0.717) is 16.4 Å². The number of carboxylic acids is 1. The van der Waals surface area contributed by atoms with Crippen LogP contribution >= 0.6 is 34.0 Å². The maximum atomic E-state index is 13.9. The number of rotatable bonds is 11. The van der Waals surface area contributed by atoms with Gasteiger partial charge in [-0.15, -0.1) is 34.0 Å². The van der Waals surface area contributed by atoms with Gasteiger partial charge in [0.1, 0.15) is 79.1 Å². The van der Waals surface area contributed by atoms with E-state index >= 15 is 0 Å². The molecule has 6 aromatic heterocycles. The number of carbonyl (C=O) groups excluding carboxylic acids is 10. The Morgan fingerprint density at radius 1 is 0.667 bits per heavy atom. The van der Waals surface area contributed by atoms with Crippen molar-refractivity contribution in [3.8, 4) is 22.0 Å². The molecule has 3 atom stereocenters. The van der Waals surface area contributed by atoms with Gasteiger partial charge >= 0.3 is 5.97 Å². The lowest BCUT2D eigenvalue weighted by Gasteiger charge is -2.20. The Hall–Kier alpha value is -11.2. The van der Waals surface area contributed by atoms with Gasteiger partial charge in [0.25, 0.3) is 53.2 Å². The van der Waals surface area contributed by atoms with Crippen LogP contribution in [0.4, 0.5) is 0 Å². The zero-order chi connectivity index (χ0) is 63.6. The molecule has 12 N–H and O–H groups in total. The van der Waals surface area contributed by atoms with Crippen LogP contribution < -0.4 is 53.2 Å². The molecule has 87 heavy (non-hydrogen) atoms. The van der Waals surface area contributed by atoms with Gasteiger partial charge in [0, 0.05) is 21.7 Å². The van der Waals surface area contributed by atoms with Crippen LogP contribution in [-0.4, -0.2) is 117 Å². The highest BCUT2D eigenvalue weighted by atomic mass is 32.1. The number of carboxylic acid groups (broad SMARTS) is 1. The Kier molecular flexibility index (Phi) is 20.0. The fourth-order valence-electron chi connectivity index (χ4n) is 6.96. The summed E-state index contributed by atoms with van der Waals surface area (Å²) in [5, 5.41) is 47.9. The molecule has 34 heteroatoms. The molecule has 10 amide bonds. The minimum absolute atomic E-state index is 0.0174. The molecule has 10 bridgehead atoms. The molecule has 1 aliphatic rings. The van der Waals surface area contributed by atoms with Crippen molar-refractivity contribution in [2.24, 2.45) is 0 Å². The maximum absolute atomic E-state index is 13.9. The highest BCUT2D eigenvalue weighted by Crippen LogP contribution is 2.34. The van der Waals surface area contributed by atoms with E-state index < -0.39 is 117 Å². The largest absolute Gasteiger partial charge is 0.477 e. The van der Waals surface area contributed by atoms with Crippen molar-refractivity contribution in [3.05, 3.63) is 165 Å². The lowest BCUT2D eigenvalue weighted by molar-refractivity contribution is -0.134. The molecule has 1 aliphatic heterocycles. The predicted octanol–water partition coefficient (Wildman–Crippen LogP) is 1.79. The normalized spacial score (nSPS) is 16.1. The first kappa shape index (κ1) is 63.4. The first-order chi connectivity index (χ1) is 41.2. The fraction of sp³-hybridized carbons (Fsp3) is 0.151. The minimum Gasteiger partial charge on any atom is -0.477 e. The summed E-state index contributed by atoms with van der Waals surface area (Å²) in [4.78, 5) is 170. The topological polar surface area (TPSA) is 452 Å². The van der Waals surface area contributed by atoms with E-state index in [4.69, 9.17) is 13.9 Å². The summed E-state index contributed by atoms with van der Waals surface area (Å²) in [7, 11) is 0. The average Bonchev–Trinajstić information content (AvgIpc) is 2.00. The van der Waals surface area contributed by atoms with Crippen molar-refractivity contribution in [3.63, 3.8) is 0 Å². The molecule has 0 aliphatic carbocycles. The Labute approximate surface area is 502 Å². The van der Waals surface area contributed by atoms with Crippen molar-refractivity contribution in [2.45, 2.75) is 51.9 Å². The van der Waals surface area contributed by atoms with Crippen LogP contribution in [0.25, 0.3) is 33.4 Å². The van der Waals surface area contributed by atoms with Gasteiger partial charge in [0.15, 0.2) is 5.69 Å². The van der Waals surface area contributed by atoms with Gasteiger partial charge < -0.3 is 72.2 Å². The van der Waals surface area contributed by atoms with Gasteiger partial charge in [-0.1, -0.05) is 52.5 Å². The third-order valence-electron chi connectivity index (χ3n) is 11.4. The molecule has 31 nitrogen and oxygen atoms in total. The Bertz CT molecular complexity index is 3970. The van der Waals surface area contributed by atoms with Gasteiger partial charge in [-0.05, 0) is 32.4 Å². The summed E-state index contributed by atoms with van der Waals surface area (Å²) in [5.74, 6) is -11.7. The maximum Gasteiger partial charge on any atom is 0.351 e. The zero-order valence-electron chi connectivity index (χ0n) is 45.6. The number of pyridine rings is 1. The number of allylic oxidation sites excluding steroid dienone is 1. The highest BCUT2D eigenvalue weighted by Gasteiger charge is 2.31. The molecular weight excluding hydrogens is 1200 g/mol. The molecular formula is C53H48N16O15S3. The third kappa shape index (κ3) is 15.7. The molecule has 0 unspecified atom stereocenters. The number of thiazole rings is 3. The van der Waals surface area contributed by atoms with Crippen LogP contribution in [0, 0.1) is 0 Å². The molecule has 7 heterocycles. The number of aliphatic hydroxyl groups excluding tert-OH is 1. The number of nitrogens with zero attached hydrogens (tertiary/aromatic N) is 6. The molecule has 0 fully saturated rings. The summed E-state index contributed by atoms with van der Waals surface area (Å²) >= 11 is 3.00. The van der Waals surface area contributed by atoms with Crippen LogP contribution in [0.2, 0.25) is 0 Å². The second kappa shape index (κ2) is 27.4. The summed E-state index contributed by atoms with van der Waals surface area (Å²) in [6.07, 6.45) is 2.40. The summed E-state index contributed by atoms with van der Waals surface area (Å²) in [6.45, 7) is 25.3. The Morgan fingerprint density at radius 2 is 1.24 bits per heavy atom. The molecule has 448 valence electrons. The van der Waals surface area contributed by atoms with E-state index in [-0.39, 0.29) is 74.5 Å². The second-order valence-corrected chi connectivity index (χ2v) is 20.6. The first-order valence-corrected chi connectivity index (χ1v) is 27.5. The standard InChI is InChI=1S/C53H48N16O15S3/c1-10-11-30-50-66-32(16-84-50)43(75)54-14-36-62-33(17-85-36)45(77)60-25(7)51-67-34(18-86-51)46(78)58-23(5)41(73)59-24(6)49-65-31(15-83-49)38-28(52-68-35(19-87-52)47(79)69-37(27(9)70)48(80)64-30)12-13-29(63-38)44(76)57-22(4)40(72)55-20(2)39(71)56-21(3)42(74)61-26(8)53(81)82/h11-13,15-19,25,27,37,70H,2-6,8,10,14H2,1,7,9H3,(H,54,75)(H,55,72)(H,56,71)(H,57,76)(H,58,78)(H,59,73)(H,60,77)(H,61,74)(H,64,80)(H,69,79)(H,81,82)/b30-11+/t25-,27-,37-/m0/s1. The number of carbonyl (C=O) groups is 11. The minimum atomic E-state index is -1.63. The predicted molar refractivity (Wildman–Crippen MR) is 308 cm³/mol. The lowest BCUT2D eigenvalue weighted by atomic mass is 10.1. The van der Waals surface area contributed by atoms with Gasteiger partial charge in [0.05, 0.1) is 47.2 Å². The van der Waals surface area contributed by atoms with E-state index in [2.05, 4.69) is 112 Å². The van der Waals surface area contributed by atoms with Crippen LogP contribution in [0.5, 0.6) is 0 Å². The van der Waals surface area contributed by atoms with E-state index in [1.54, 1.807) is 13.8 Å². The van der Waals surface area contributed by atoms with Gasteiger partial charge in [-0.3, -0.25) is 47.9 Å². The van der Waals surface area contributed by atoms with Crippen LogP contribution in [0.15, 0.2) is 124 Å². The van der Waals surface area contributed by atoms with Crippen molar-refractivity contribution in [2.75, 3.05) is 0 Å². The third-order valence-corrected chi connectivity index (χ3v) is 14.1. The monoisotopic (exact) mass is 1240 g/mol. The second-order valence-electron chi connectivity index (χ2n) is 17.9. The number of aromatic nitrogens is 6. The Balaban J connectivity index is 1.16. The molecule has 0 saturated carbocycles. The summed E-state index contributed by atoms with van der Waals surface area (Å²) in [5.41, 5.74) is -4.68. The summed E-state index contributed by atoms with van der Waals surface area (Å²) in [6, 6.07) is 0.147. The molecule has 6 aromatic rings. The fourth-order valence-corrected chi connectivity index (χ4v) is 9.30. The smallest absolute Gasteiger partial charge is 0.351 e. The first-order valence-electron chi connectivity index (χ1n) is 24.8. The van der Waals surface area contributed by atoms with Crippen molar-refractivity contribution >= 4 is 110 Å². The number of oxazole rings is 2. The van der Waals surface area contributed by atoms with Crippen LogP contribution in [-0.2, 0) is 35.3 Å². The highest BCUT2D eigenvalue weighted by molar-refractivity contribution is 7.13. The number of amides is 10. The number of aliphatic hydroxyl groups is 1. The zero-order valence-corrected chi connectivity index (χ0v) is 48.1. The molecule has 0 spiro atoms. The molecule has 7 rings (SSSR count). The summed E-state index contributed by atoms with van der Waals surface area (Å²) < 4.78 is 11.2. The lowest BCUT2D eigenvalue weighted by Crippen LogP contribution is -2.52. The molecule has 0 aromatic carbocycles. The number of aliphatic carboxylic acids is 1. The van der Waals surface area contributed by atoms with E-state index in [9.17, 15) is 57.8 Å².